The zero-order chi connectivity index (χ0) is 77.6. The molecule has 544 valence electrons. The number of rotatable bonds is 16. The fourth-order valence-electron chi connectivity index (χ4n) is 9.72. The van der Waals surface area contributed by atoms with Crippen molar-refractivity contribution in [3.05, 3.63) is 285 Å². The van der Waals surface area contributed by atoms with Crippen molar-refractivity contribution < 1.29 is 81.7 Å². The Balaban J connectivity index is 0.000000166. The van der Waals surface area contributed by atoms with Crippen LogP contribution in [-0.2, 0) is 0 Å². The van der Waals surface area contributed by atoms with Crippen LogP contribution in [0.1, 0.15) is 66.8 Å². The predicted octanol–water partition coefficient (Wildman–Crippen LogP) is 17.3. The zero-order valence-electron chi connectivity index (χ0n) is 58.1. The molecule has 0 bridgehead atoms. The molecular formula is C84H72N8O16. The summed E-state index contributed by atoms with van der Waals surface area (Å²) >= 11 is 0. The molecule has 24 nitrogen and oxygen atoms in total. The highest BCUT2D eigenvalue weighted by molar-refractivity contribution is 5.95. The Morgan fingerprint density at radius 2 is 0.296 bits per heavy atom. The Hall–Kier alpha value is -15.2. The van der Waals surface area contributed by atoms with Crippen molar-refractivity contribution in [1.82, 2.24) is 0 Å². The predicted molar refractivity (Wildman–Crippen MR) is 421 cm³/mol. The van der Waals surface area contributed by atoms with Crippen LogP contribution in [-0.4, -0.2) is 131 Å². The molecule has 0 fully saturated rings. The molecule has 0 saturated heterocycles. The minimum absolute atomic E-state index is 0.221. The van der Waals surface area contributed by atoms with Gasteiger partial charge in [-0.2, -0.15) is 0 Å². The van der Waals surface area contributed by atoms with E-state index in [0.717, 1.165) is 22.3 Å². The number of aliphatic imine (C=N–C) groups is 8. The molecule has 0 unspecified atom stereocenters. The van der Waals surface area contributed by atoms with E-state index >= 15 is 0 Å². The molecule has 12 aromatic carbocycles. The average molecular weight is 1450 g/mol. The van der Waals surface area contributed by atoms with Crippen LogP contribution in [0.25, 0.3) is 0 Å². The van der Waals surface area contributed by atoms with Crippen LogP contribution < -0.4 is 0 Å². The van der Waals surface area contributed by atoms with E-state index in [9.17, 15) is 81.7 Å². The Kier molecular flexibility index (Phi) is 25.7. The summed E-state index contributed by atoms with van der Waals surface area (Å²) in [5, 5.41) is 156. The number of phenols is 16. The molecule has 0 aliphatic carbocycles. The molecule has 0 spiro atoms. The molecular weight excluding hydrogens is 1380 g/mol. The van der Waals surface area contributed by atoms with Gasteiger partial charge in [0.25, 0.3) is 0 Å². The van der Waals surface area contributed by atoms with Crippen LogP contribution in [0.3, 0.4) is 0 Å². The maximum atomic E-state index is 9.89. The zero-order valence-corrected chi connectivity index (χ0v) is 58.1. The summed E-state index contributed by atoms with van der Waals surface area (Å²) in [6, 6.07) is 58.9. The smallest absolute Gasteiger partial charge is 0.166 e. The number of para-hydroxylation sites is 8. The van der Waals surface area contributed by atoms with Crippen LogP contribution >= 0.6 is 0 Å². The number of phenolic OH excluding ortho intramolecular Hbond substituents is 16. The van der Waals surface area contributed by atoms with Crippen molar-refractivity contribution in [2.75, 3.05) is 0 Å². The fraction of sp³-hybridized carbons (Fsp3) is 0.0476. The first kappa shape index (κ1) is 77.0. The molecule has 0 heterocycles. The Morgan fingerprint density at radius 3 is 0.435 bits per heavy atom. The minimum atomic E-state index is -0.247. The fourth-order valence-corrected chi connectivity index (χ4v) is 9.72. The number of hydrogen-bond donors (Lipinski definition) is 16. The van der Waals surface area contributed by atoms with Gasteiger partial charge >= 0.3 is 0 Å². The summed E-state index contributed by atoms with van der Waals surface area (Å²) in [5.74, 6) is -3.75. The highest BCUT2D eigenvalue weighted by atomic mass is 16.3. The lowest BCUT2D eigenvalue weighted by Crippen LogP contribution is -1.84. The minimum Gasteiger partial charge on any atom is -0.504 e. The average Bonchev–Trinajstić information content (AvgIpc) is 0.850. The van der Waals surface area contributed by atoms with Gasteiger partial charge in [-0.1, -0.05) is 72.8 Å². The highest BCUT2D eigenvalue weighted by Crippen LogP contribution is 2.39. The van der Waals surface area contributed by atoms with E-state index in [4.69, 9.17) is 0 Å². The van der Waals surface area contributed by atoms with Crippen molar-refractivity contribution >= 4 is 95.2 Å². The van der Waals surface area contributed by atoms with Gasteiger partial charge in [0, 0.05) is 94.2 Å². The molecule has 0 radical (unpaired) electrons. The third-order valence-corrected chi connectivity index (χ3v) is 15.6. The Bertz CT molecular complexity index is 4840. The second-order valence-corrected chi connectivity index (χ2v) is 23.8. The van der Waals surface area contributed by atoms with Gasteiger partial charge in [0.2, 0.25) is 0 Å². The third kappa shape index (κ3) is 20.5. The highest BCUT2D eigenvalue weighted by Gasteiger charge is 2.13. The quantitative estimate of drug-likeness (QED) is 0.0316. The third-order valence-electron chi connectivity index (χ3n) is 15.6. The van der Waals surface area contributed by atoms with Crippen LogP contribution in [0.4, 0.5) is 45.5 Å². The summed E-state index contributed by atoms with van der Waals surface area (Å²) in [6.07, 6.45) is 11.5. The molecule has 12 rings (SSSR count). The van der Waals surface area contributed by atoms with Crippen molar-refractivity contribution in [2.24, 2.45) is 39.9 Å². The molecule has 0 amide bonds. The standard InChI is InChI=1S/4C21H18N2O4/c4*1-13-8-9-16(22-11-14-4-2-6-18(24)20(14)26)17(10-13)23-12-15-5-3-7-19(25)21(15)27/h4*2-12,24-27H,1H3. The monoisotopic (exact) mass is 1450 g/mol. The first-order valence-electron chi connectivity index (χ1n) is 32.6. The normalized spacial score (nSPS) is 11.4. The summed E-state index contributed by atoms with van der Waals surface area (Å²) in [5.41, 5.74) is 11.2. The maximum absolute atomic E-state index is 9.89. The van der Waals surface area contributed by atoms with Crippen LogP contribution in [0.15, 0.2) is 258 Å². The van der Waals surface area contributed by atoms with Crippen molar-refractivity contribution in [3.63, 3.8) is 0 Å². The van der Waals surface area contributed by atoms with Crippen LogP contribution in [0, 0.1) is 27.7 Å². The number of benzene rings is 12. The van der Waals surface area contributed by atoms with Gasteiger partial charge in [-0.25, -0.2) is 0 Å². The van der Waals surface area contributed by atoms with Crippen LogP contribution in [0.5, 0.6) is 92.0 Å². The van der Waals surface area contributed by atoms with Gasteiger partial charge in [0.1, 0.15) is 0 Å². The van der Waals surface area contributed by atoms with E-state index in [-0.39, 0.29) is 92.0 Å². The topological polar surface area (TPSA) is 423 Å². The van der Waals surface area contributed by atoms with Gasteiger partial charge in [0.05, 0.1) is 45.5 Å². The summed E-state index contributed by atoms with van der Waals surface area (Å²) in [4.78, 5) is 34.9. The SMILES string of the molecule is Cc1ccc(N=Cc2cccc(O)c2O)c(N=Cc2cccc(O)c2O)c1.Cc1ccc(N=Cc2cccc(O)c2O)c(N=Cc2cccc(O)c2O)c1.Cc1ccc(N=Cc2cccc(O)c2O)c(N=Cc2cccc(O)c2O)c1.Cc1ccc(N=Cc2cccc(O)c2O)c(N=Cc2cccc(O)c2O)c1. The second kappa shape index (κ2) is 36.1. The summed E-state index contributed by atoms with van der Waals surface area (Å²) in [7, 11) is 0. The number of aromatic hydroxyl groups is 16. The van der Waals surface area contributed by atoms with Gasteiger partial charge in [-0.3, -0.25) is 39.9 Å². The summed E-state index contributed by atoms with van der Waals surface area (Å²) in [6.45, 7) is 7.66. The van der Waals surface area contributed by atoms with E-state index in [0.29, 0.717) is 90.0 Å². The van der Waals surface area contributed by atoms with E-state index in [1.807, 2.05) is 76.2 Å². The first-order chi connectivity index (χ1) is 51.8. The number of nitrogens with zero attached hydrogens (tertiary/aromatic N) is 8. The van der Waals surface area contributed by atoms with Crippen molar-refractivity contribution in [3.8, 4) is 92.0 Å². The summed E-state index contributed by atoms with van der Waals surface area (Å²) < 4.78 is 0. The Morgan fingerprint density at radius 1 is 0.167 bits per heavy atom. The maximum Gasteiger partial charge on any atom is 0.166 e. The lowest BCUT2D eigenvalue weighted by atomic mass is 10.1. The van der Waals surface area contributed by atoms with Crippen LogP contribution in [0.2, 0.25) is 0 Å². The van der Waals surface area contributed by atoms with E-state index in [1.54, 1.807) is 121 Å². The largest absolute Gasteiger partial charge is 0.504 e. The van der Waals surface area contributed by atoms with E-state index < -0.39 is 0 Å². The lowest BCUT2D eigenvalue weighted by molar-refractivity contribution is 0.403. The molecule has 108 heavy (non-hydrogen) atoms. The second-order valence-electron chi connectivity index (χ2n) is 23.8. The molecule has 0 aromatic heterocycles. The van der Waals surface area contributed by atoms with Crippen molar-refractivity contribution in [1.29, 1.82) is 0 Å². The molecule has 0 saturated carbocycles. The van der Waals surface area contributed by atoms with Gasteiger partial charge < -0.3 is 81.7 Å². The molecule has 12 aromatic rings. The van der Waals surface area contributed by atoms with Gasteiger partial charge in [-0.05, 0) is 196 Å². The molecule has 0 aliphatic rings. The van der Waals surface area contributed by atoms with Crippen molar-refractivity contribution in [2.45, 2.75) is 27.7 Å². The molecule has 0 atom stereocenters. The van der Waals surface area contributed by atoms with E-state index in [2.05, 4.69) is 39.9 Å². The molecule has 24 heteroatoms. The molecule has 0 aliphatic heterocycles. The Labute approximate surface area is 618 Å². The first-order valence-corrected chi connectivity index (χ1v) is 32.6. The number of hydrogen-bond acceptors (Lipinski definition) is 24. The molecule has 16 N–H and O–H groups in total. The lowest BCUT2D eigenvalue weighted by Gasteiger charge is -2.04. The van der Waals surface area contributed by atoms with Gasteiger partial charge in [-0.15, -0.1) is 0 Å². The number of aryl methyl sites for hydroxylation is 4. The van der Waals surface area contributed by atoms with E-state index in [1.165, 1.54) is 98.2 Å². The van der Waals surface area contributed by atoms with Gasteiger partial charge in [0.15, 0.2) is 92.0 Å².